The fourth-order valence-electron chi connectivity index (χ4n) is 1.38. The minimum absolute atomic E-state index is 0.0644. The molecule has 18 heavy (non-hydrogen) atoms. The van der Waals surface area contributed by atoms with Crippen LogP contribution in [0.4, 0.5) is 0 Å². The Balaban J connectivity index is 2.48. The SMILES string of the molecule is CC(C)(C)[Si](C)(C)OC(=O)CCc1ccccc1. The molecular formula is C15H24O2Si. The summed E-state index contributed by atoms with van der Waals surface area (Å²) in [4.78, 5) is 11.9. The maximum Gasteiger partial charge on any atom is 0.292 e. The van der Waals surface area contributed by atoms with E-state index in [4.69, 9.17) is 4.43 Å². The zero-order valence-electron chi connectivity index (χ0n) is 12.1. The summed E-state index contributed by atoms with van der Waals surface area (Å²) in [7, 11) is -1.96. The van der Waals surface area contributed by atoms with Gasteiger partial charge in [0.25, 0.3) is 14.3 Å². The average Bonchev–Trinajstić information content (AvgIpc) is 2.26. The minimum atomic E-state index is -1.96. The van der Waals surface area contributed by atoms with Crippen LogP contribution in [-0.4, -0.2) is 14.3 Å². The van der Waals surface area contributed by atoms with Crippen molar-refractivity contribution in [3.05, 3.63) is 35.9 Å². The van der Waals surface area contributed by atoms with Crippen LogP contribution < -0.4 is 0 Å². The van der Waals surface area contributed by atoms with Gasteiger partial charge in [0, 0.05) is 6.42 Å². The highest BCUT2D eigenvalue weighted by Crippen LogP contribution is 2.36. The second-order valence-corrected chi connectivity index (χ2v) is 10.9. The van der Waals surface area contributed by atoms with Crippen LogP contribution >= 0.6 is 0 Å². The zero-order chi connectivity index (χ0) is 13.8. The highest BCUT2D eigenvalue weighted by Gasteiger charge is 2.40. The van der Waals surface area contributed by atoms with Crippen LogP contribution in [0.5, 0.6) is 0 Å². The van der Waals surface area contributed by atoms with Gasteiger partial charge in [-0.2, -0.15) is 0 Å². The lowest BCUT2D eigenvalue weighted by atomic mass is 10.1. The zero-order valence-corrected chi connectivity index (χ0v) is 13.1. The molecule has 0 radical (unpaired) electrons. The second kappa shape index (κ2) is 5.70. The topological polar surface area (TPSA) is 26.3 Å². The van der Waals surface area contributed by atoms with Gasteiger partial charge >= 0.3 is 0 Å². The quantitative estimate of drug-likeness (QED) is 0.763. The molecule has 0 bridgehead atoms. The van der Waals surface area contributed by atoms with Crippen LogP contribution in [0, 0.1) is 0 Å². The summed E-state index contributed by atoms with van der Waals surface area (Å²) in [5, 5.41) is 0.0788. The standard InChI is InChI=1S/C15H24O2Si/c1-15(2,3)18(4,5)17-14(16)12-11-13-9-7-6-8-10-13/h6-10H,11-12H2,1-5H3. The normalized spacial score (nSPS) is 12.3. The lowest BCUT2D eigenvalue weighted by molar-refractivity contribution is -0.135. The molecule has 2 nitrogen and oxygen atoms in total. The number of carbonyl (C=O) groups excluding carboxylic acids is 1. The van der Waals surface area contributed by atoms with E-state index in [0.29, 0.717) is 6.42 Å². The maximum atomic E-state index is 11.9. The van der Waals surface area contributed by atoms with Gasteiger partial charge in [-0.05, 0) is 30.1 Å². The van der Waals surface area contributed by atoms with Crippen molar-refractivity contribution < 1.29 is 9.22 Å². The number of aryl methyl sites for hydroxylation is 1. The first-order chi connectivity index (χ1) is 8.22. The molecule has 0 aliphatic heterocycles. The number of carbonyl (C=O) groups is 1. The minimum Gasteiger partial charge on any atom is -0.519 e. The molecule has 0 saturated heterocycles. The molecule has 0 fully saturated rings. The first-order valence-corrected chi connectivity index (χ1v) is 9.39. The Kier molecular flexibility index (Phi) is 4.74. The van der Waals surface area contributed by atoms with E-state index in [1.165, 1.54) is 5.56 Å². The summed E-state index contributed by atoms with van der Waals surface area (Å²) < 4.78 is 5.72. The van der Waals surface area contributed by atoms with Crippen LogP contribution in [0.25, 0.3) is 0 Å². The molecule has 1 aromatic carbocycles. The molecule has 0 atom stereocenters. The Labute approximate surface area is 111 Å². The predicted molar refractivity (Wildman–Crippen MR) is 78.1 cm³/mol. The molecule has 0 amide bonds. The highest BCUT2D eigenvalue weighted by atomic mass is 28.4. The van der Waals surface area contributed by atoms with Crippen molar-refractivity contribution in [3.8, 4) is 0 Å². The Hall–Kier alpha value is -1.09. The van der Waals surface area contributed by atoms with Crippen molar-refractivity contribution in [1.82, 2.24) is 0 Å². The molecule has 0 saturated carbocycles. The number of benzene rings is 1. The average molecular weight is 264 g/mol. The first kappa shape index (κ1) is 15.0. The molecule has 0 heterocycles. The number of hydrogen-bond acceptors (Lipinski definition) is 2. The summed E-state index contributed by atoms with van der Waals surface area (Å²) in [6.07, 6.45) is 1.23. The van der Waals surface area contributed by atoms with Crippen LogP contribution in [0.1, 0.15) is 32.8 Å². The van der Waals surface area contributed by atoms with Crippen molar-refractivity contribution >= 4 is 14.3 Å². The lowest BCUT2D eigenvalue weighted by Crippen LogP contribution is -2.42. The Morgan fingerprint density at radius 3 is 2.22 bits per heavy atom. The van der Waals surface area contributed by atoms with Crippen molar-refractivity contribution in [2.75, 3.05) is 0 Å². The lowest BCUT2D eigenvalue weighted by Gasteiger charge is -2.35. The third-order valence-electron chi connectivity index (χ3n) is 3.64. The molecule has 3 heteroatoms. The summed E-state index contributed by atoms with van der Waals surface area (Å²) in [6.45, 7) is 10.6. The van der Waals surface area contributed by atoms with E-state index in [9.17, 15) is 4.79 Å². The van der Waals surface area contributed by atoms with Crippen LogP contribution in [-0.2, 0) is 15.6 Å². The van der Waals surface area contributed by atoms with E-state index in [1.54, 1.807) is 0 Å². The molecular weight excluding hydrogens is 240 g/mol. The van der Waals surface area contributed by atoms with E-state index in [1.807, 2.05) is 30.3 Å². The molecule has 0 aromatic heterocycles. The predicted octanol–water partition coefficient (Wildman–Crippen LogP) is 4.17. The van der Waals surface area contributed by atoms with E-state index >= 15 is 0 Å². The monoisotopic (exact) mass is 264 g/mol. The van der Waals surface area contributed by atoms with Crippen LogP contribution in [0.2, 0.25) is 18.1 Å². The van der Waals surface area contributed by atoms with Crippen molar-refractivity contribution in [1.29, 1.82) is 0 Å². The molecule has 0 N–H and O–H groups in total. The van der Waals surface area contributed by atoms with Gasteiger partial charge in [-0.1, -0.05) is 51.1 Å². The summed E-state index contributed by atoms with van der Waals surface area (Å²) in [5.41, 5.74) is 1.18. The number of hydrogen-bond donors (Lipinski definition) is 0. The van der Waals surface area contributed by atoms with E-state index in [-0.39, 0.29) is 11.0 Å². The molecule has 0 spiro atoms. The second-order valence-electron chi connectivity index (χ2n) is 6.22. The largest absolute Gasteiger partial charge is 0.519 e. The Bertz CT molecular complexity index is 391. The van der Waals surface area contributed by atoms with E-state index in [0.717, 1.165) is 6.42 Å². The van der Waals surface area contributed by atoms with Gasteiger partial charge in [0.15, 0.2) is 0 Å². The van der Waals surface area contributed by atoms with Crippen molar-refractivity contribution in [3.63, 3.8) is 0 Å². The summed E-state index contributed by atoms with van der Waals surface area (Å²) in [5.74, 6) is -0.0644. The summed E-state index contributed by atoms with van der Waals surface area (Å²) in [6, 6.07) is 10.1. The van der Waals surface area contributed by atoms with Gasteiger partial charge in [0.1, 0.15) is 0 Å². The Morgan fingerprint density at radius 2 is 1.72 bits per heavy atom. The third-order valence-corrected chi connectivity index (χ3v) is 7.99. The molecule has 1 rings (SSSR count). The van der Waals surface area contributed by atoms with Crippen molar-refractivity contribution in [2.45, 2.75) is 51.7 Å². The van der Waals surface area contributed by atoms with Gasteiger partial charge < -0.3 is 4.43 Å². The molecule has 0 aliphatic rings. The fourth-order valence-corrected chi connectivity index (χ4v) is 2.36. The molecule has 0 aliphatic carbocycles. The number of rotatable bonds is 4. The fraction of sp³-hybridized carbons (Fsp3) is 0.533. The molecule has 100 valence electrons. The van der Waals surface area contributed by atoms with Crippen LogP contribution in [0.3, 0.4) is 0 Å². The van der Waals surface area contributed by atoms with E-state index < -0.39 is 8.32 Å². The molecule has 0 unspecified atom stereocenters. The van der Waals surface area contributed by atoms with E-state index in [2.05, 4.69) is 33.9 Å². The Morgan fingerprint density at radius 1 is 1.17 bits per heavy atom. The van der Waals surface area contributed by atoms with Gasteiger partial charge in [-0.3, -0.25) is 4.79 Å². The smallest absolute Gasteiger partial charge is 0.292 e. The highest BCUT2D eigenvalue weighted by molar-refractivity contribution is 6.75. The van der Waals surface area contributed by atoms with Gasteiger partial charge in [-0.15, -0.1) is 0 Å². The van der Waals surface area contributed by atoms with Gasteiger partial charge in [0.05, 0.1) is 0 Å². The first-order valence-electron chi connectivity index (χ1n) is 6.48. The van der Waals surface area contributed by atoms with Crippen LogP contribution in [0.15, 0.2) is 30.3 Å². The summed E-state index contributed by atoms with van der Waals surface area (Å²) >= 11 is 0. The maximum absolute atomic E-state index is 11.9. The third kappa shape index (κ3) is 4.30. The van der Waals surface area contributed by atoms with Gasteiger partial charge in [0.2, 0.25) is 0 Å². The molecule has 1 aromatic rings. The van der Waals surface area contributed by atoms with Crippen molar-refractivity contribution in [2.24, 2.45) is 0 Å². The van der Waals surface area contributed by atoms with Gasteiger partial charge in [-0.25, -0.2) is 0 Å².